The molecule has 3 fully saturated rings. The number of hydrogen-bond acceptors (Lipinski definition) is 5. The van der Waals surface area contributed by atoms with E-state index in [1.165, 1.54) is 0 Å². The van der Waals surface area contributed by atoms with E-state index in [1.54, 1.807) is 9.80 Å². The van der Waals surface area contributed by atoms with Crippen LogP contribution in [0.4, 0.5) is 0 Å². The van der Waals surface area contributed by atoms with Crippen molar-refractivity contribution < 1.29 is 19.2 Å². The van der Waals surface area contributed by atoms with Crippen molar-refractivity contribution >= 4 is 23.6 Å². The number of nitrogens with one attached hydrogen (secondary N) is 1. The summed E-state index contributed by atoms with van der Waals surface area (Å²) in [5.41, 5.74) is 4.34. The normalized spacial score (nSPS) is 21.8. The minimum Gasteiger partial charge on any atom is -0.346 e. The van der Waals surface area contributed by atoms with Crippen molar-refractivity contribution in [3.8, 4) is 0 Å². The highest BCUT2D eigenvalue weighted by Crippen LogP contribution is 2.31. The van der Waals surface area contributed by atoms with Gasteiger partial charge in [0.2, 0.25) is 0 Å². The number of likely N-dealkylation sites (tertiary alicyclic amines) is 1. The van der Waals surface area contributed by atoms with E-state index in [9.17, 15) is 19.2 Å². The summed E-state index contributed by atoms with van der Waals surface area (Å²) in [4.78, 5) is 62.1. The number of rotatable bonds is 13. The third-order valence-electron chi connectivity index (χ3n) is 10.9. The molecule has 4 aromatic rings. The average Bonchev–Trinajstić information content (AvgIpc) is 3.62. The molecule has 4 atom stereocenters. The molecule has 0 radical (unpaired) electrons. The van der Waals surface area contributed by atoms with Gasteiger partial charge in [0.15, 0.2) is 0 Å². The lowest BCUT2D eigenvalue weighted by atomic mass is 9.96. The van der Waals surface area contributed by atoms with Crippen LogP contribution in [0.5, 0.6) is 0 Å². The van der Waals surface area contributed by atoms with Gasteiger partial charge in [-0.2, -0.15) is 0 Å². The first-order valence-electron chi connectivity index (χ1n) is 18.6. The Labute approximate surface area is 306 Å². The van der Waals surface area contributed by atoms with Gasteiger partial charge in [-0.1, -0.05) is 121 Å². The maximum absolute atomic E-state index is 14.2. The zero-order valence-electron chi connectivity index (χ0n) is 29.6. The molecule has 3 saturated heterocycles. The first-order valence-corrected chi connectivity index (χ1v) is 18.6. The van der Waals surface area contributed by atoms with Gasteiger partial charge < -0.3 is 20.0 Å². The molecule has 0 aromatic heterocycles. The number of carbonyl (C=O) groups excluding carboxylic acids is 4. The zero-order chi connectivity index (χ0) is 35.9. The van der Waals surface area contributed by atoms with Crippen LogP contribution in [0, 0.1) is 0 Å². The van der Waals surface area contributed by atoms with Gasteiger partial charge >= 0.3 is 23.6 Å². The lowest BCUT2D eigenvalue weighted by Gasteiger charge is -2.45. The van der Waals surface area contributed by atoms with Gasteiger partial charge in [0, 0.05) is 44.8 Å². The van der Waals surface area contributed by atoms with E-state index in [1.807, 2.05) is 89.8 Å². The van der Waals surface area contributed by atoms with E-state index in [4.69, 9.17) is 0 Å². The summed E-state index contributed by atoms with van der Waals surface area (Å²) >= 11 is 0. The van der Waals surface area contributed by atoms with E-state index < -0.39 is 23.6 Å². The Bertz CT molecular complexity index is 1820. The molecule has 268 valence electrons. The quantitative estimate of drug-likeness (QED) is 0.211. The Hall–Kier alpha value is -5.28. The minimum atomic E-state index is -0.558. The smallest absolute Gasteiger partial charge is 0.312 e. The van der Waals surface area contributed by atoms with Crippen molar-refractivity contribution in [2.75, 3.05) is 39.3 Å². The second-order valence-electron chi connectivity index (χ2n) is 14.3. The lowest BCUT2D eigenvalue weighted by molar-refractivity contribution is -0.161. The van der Waals surface area contributed by atoms with E-state index in [-0.39, 0.29) is 24.2 Å². The minimum absolute atomic E-state index is 0.0225. The maximum atomic E-state index is 14.2. The van der Waals surface area contributed by atoms with Crippen molar-refractivity contribution in [1.82, 2.24) is 24.9 Å². The molecule has 1 unspecified atom stereocenters. The number of piperazine rings is 2. The summed E-state index contributed by atoms with van der Waals surface area (Å²) in [5, 5.41) is 2.80. The van der Waals surface area contributed by atoms with E-state index in [2.05, 4.69) is 46.6 Å². The molecule has 0 bridgehead atoms. The Balaban J connectivity index is 1.14. The Kier molecular flexibility index (Phi) is 11.1. The number of nitrogens with zero attached hydrogens (tertiary/aromatic N) is 4. The van der Waals surface area contributed by atoms with Crippen LogP contribution in [-0.4, -0.2) is 101 Å². The number of benzene rings is 4. The van der Waals surface area contributed by atoms with Crippen molar-refractivity contribution in [2.45, 2.75) is 56.3 Å². The van der Waals surface area contributed by atoms with Gasteiger partial charge in [0.1, 0.15) is 0 Å². The van der Waals surface area contributed by atoms with Gasteiger partial charge in [0.05, 0.1) is 12.1 Å². The van der Waals surface area contributed by atoms with Crippen LogP contribution in [0.15, 0.2) is 121 Å². The van der Waals surface area contributed by atoms with Crippen LogP contribution >= 0.6 is 0 Å². The molecule has 9 heteroatoms. The summed E-state index contributed by atoms with van der Waals surface area (Å²) in [6.45, 7) is 3.06. The number of carbonyl (C=O) groups is 4. The molecule has 4 aromatic carbocycles. The number of amides is 4. The first kappa shape index (κ1) is 35.1. The summed E-state index contributed by atoms with van der Waals surface area (Å²) in [6, 6.07) is 39.6. The highest BCUT2D eigenvalue weighted by atomic mass is 16.2. The largest absolute Gasteiger partial charge is 0.346 e. The average molecular weight is 698 g/mol. The molecule has 3 heterocycles. The van der Waals surface area contributed by atoms with Crippen molar-refractivity contribution in [2.24, 2.45) is 0 Å². The SMILES string of the molecule is O=C1NC[C@H](Cc2ccccc2)N(C[C@@H]2CCCN2C[C@@H](Cc2ccccc2)N2CC(c3ccccc3)N(CCc3ccccc3)C(=O)C2=O)C1=O. The van der Waals surface area contributed by atoms with Crippen molar-refractivity contribution in [3.63, 3.8) is 0 Å². The van der Waals surface area contributed by atoms with Crippen LogP contribution in [0.1, 0.15) is 41.1 Å². The predicted molar refractivity (Wildman–Crippen MR) is 200 cm³/mol. The zero-order valence-corrected chi connectivity index (χ0v) is 29.6. The molecule has 52 heavy (non-hydrogen) atoms. The molecule has 3 aliphatic heterocycles. The van der Waals surface area contributed by atoms with Gasteiger partial charge in [-0.25, -0.2) is 0 Å². The van der Waals surface area contributed by atoms with Crippen LogP contribution < -0.4 is 5.32 Å². The summed E-state index contributed by atoms with van der Waals surface area (Å²) in [6.07, 6.45) is 3.74. The standard InChI is InChI=1S/C43H47N5O4/c49-40-41(50)47(37(28-44-40)26-33-16-7-2-8-17-33)30-36-22-13-24-45(36)29-38(27-34-18-9-3-10-19-34)48-31-39(35-20-11-4-12-21-35)46(42(51)43(48)52)25-23-32-14-5-1-6-15-32/h1-12,14-21,36-39H,13,22-31H2,(H,44,49)/t36-,37-,38+,39?/m0/s1. The fraction of sp³-hybridized carbons (Fsp3) is 0.349. The van der Waals surface area contributed by atoms with Crippen LogP contribution in [0.2, 0.25) is 0 Å². The summed E-state index contributed by atoms with van der Waals surface area (Å²) in [5.74, 6) is -1.99. The molecule has 7 rings (SSSR count). The molecule has 3 aliphatic rings. The fourth-order valence-corrected chi connectivity index (χ4v) is 8.17. The maximum Gasteiger partial charge on any atom is 0.312 e. The highest BCUT2D eigenvalue weighted by Gasteiger charge is 2.44. The predicted octanol–water partition coefficient (Wildman–Crippen LogP) is 4.29. The Morgan fingerprint density at radius 3 is 1.94 bits per heavy atom. The highest BCUT2D eigenvalue weighted by molar-refractivity contribution is 6.36. The third-order valence-corrected chi connectivity index (χ3v) is 10.9. The van der Waals surface area contributed by atoms with Crippen molar-refractivity contribution in [1.29, 1.82) is 0 Å². The summed E-state index contributed by atoms with van der Waals surface area (Å²) in [7, 11) is 0. The molecule has 0 spiro atoms. The van der Waals surface area contributed by atoms with Gasteiger partial charge in [-0.15, -0.1) is 0 Å². The second kappa shape index (κ2) is 16.4. The van der Waals surface area contributed by atoms with Gasteiger partial charge in [-0.05, 0) is 60.9 Å². The second-order valence-corrected chi connectivity index (χ2v) is 14.3. The first-order chi connectivity index (χ1) is 25.4. The molecule has 0 aliphatic carbocycles. The van der Waals surface area contributed by atoms with Crippen LogP contribution in [-0.2, 0) is 38.4 Å². The van der Waals surface area contributed by atoms with Crippen molar-refractivity contribution in [3.05, 3.63) is 144 Å². The van der Waals surface area contributed by atoms with Crippen LogP contribution in [0.25, 0.3) is 0 Å². The molecular formula is C43H47N5O4. The fourth-order valence-electron chi connectivity index (χ4n) is 8.17. The topological polar surface area (TPSA) is 93.3 Å². The van der Waals surface area contributed by atoms with Gasteiger partial charge in [0.25, 0.3) is 0 Å². The van der Waals surface area contributed by atoms with E-state index >= 15 is 0 Å². The molecule has 0 saturated carbocycles. The molecule has 9 nitrogen and oxygen atoms in total. The van der Waals surface area contributed by atoms with Gasteiger partial charge in [-0.3, -0.25) is 24.1 Å². The molecule has 4 amide bonds. The van der Waals surface area contributed by atoms with E-state index in [0.717, 1.165) is 41.6 Å². The summed E-state index contributed by atoms with van der Waals surface area (Å²) < 4.78 is 0. The Morgan fingerprint density at radius 1 is 0.654 bits per heavy atom. The third kappa shape index (κ3) is 8.10. The number of hydrogen-bond donors (Lipinski definition) is 1. The molecular weight excluding hydrogens is 651 g/mol. The monoisotopic (exact) mass is 697 g/mol. The van der Waals surface area contributed by atoms with Crippen LogP contribution in [0.3, 0.4) is 0 Å². The Morgan fingerprint density at radius 2 is 1.27 bits per heavy atom. The van der Waals surface area contributed by atoms with E-state index in [0.29, 0.717) is 52.0 Å². The lowest BCUT2D eigenvalue weighted by Crippen LogP contribution is -2.62. The molecule has 1 N–H and O–H groups in total.